The molecule has 4 rings (SSSR count). The zero-order valence-electron chi connectivity index (χ0n) is 20.9. The number of barbiturate groups is 1. The third-order valence-corrected chi connectivity index (χ3v) is 6.47. The summed E-state index contributed by atoms with van der Waals surface area (Å²) in [7, 11) is 0. The molecule has 194 valence electrons. The maximum atomic E-state index is 13.6. The second-order valence-electron chi connectivity index (χ2n) is 9.14. The van der Waals surface area contributed by atoms with Gasteiger partial charge in [0.1, 0.15) is 18.0 Å². The Morgan fingerprint density at radius 2 is 1.89 bits per heavy atom. The van der Waals surface area contributed by atoms with Crippen molar-refractivity contribution in [1.82, 2.24) is 10.2 Å². The van der Waals surface area contributed by atoms with Crippen LogP contribution >= 0.6 is 0 Å². The predicted octanol–water partition coefficient (Wildman–Crippen LogP) is 5.33. The maximum Gasteiger partial charge on any atom is 0.331 e. The van der Waals surface area contributed by atoms with Crippen LogP contribution in [0.4, 0.5) is 9.18 Å². The van der Waals surface area contributed by atoms with Crippen molar-refractivity contribution in [3.63, 3.8) is 0 Å². The number of imide groups is 2. The Labute approximate surface area is 215 Å². The molecule has 1 heterocycles. The highest BCUT2D eigenvalue weighted by Gasteiger charge is 2.40. The van der Waals surface area contributed by atoms with Crippen molar-refractivity contribution in [2.24, 2.45) is 0 Å². The van der Waals surface area contributed by atoms with Crippen LogP contribution in [0.25, 0.3) is 6.08 Å². The summed E-state index contributed by atoms with van der Waals surface area (Å²) < 4.78 is 25.5. The van der Waals surface area contributed by atoms with Gasteiger partial charge in [-0.2, -0.15) is 0 Å². The van der Waals surface area contributed by atoms with E-state index in [4.69, 9.17) is 9.47 Å². The number of nitrogens with zero attached hydrogens (tertiary/aromatic N) is 1. The molecule has 7 nitrogen and oxygen atoms in total. The number of hydrogen-bond acceptors (Lipinski definition) is 5. The van der Waals surface area contributed by atoms with E-state index in [-0.39, 0.29) is 24.0 Å². The number of urea groups is 1. The summed E-state index contributed by atoms with van der Waals surface area (Å²) in [5, 5.41) is 2.32. The Balaban J connectivity index is 1.68. The minimum Gasteiger partial charge on any atom is -0.490 e. The molecule has 0 bridgehead atoms. The number of carbonyl (C=O) groups is 3. The lowest BCUT2D eigenvalue weighted by atomic mass is 9.93. The van der Waals surface area contributed by atoms with Gasteiger partial charge in [-0.3, -0.25) is 19.8 Å². The van der Waals surface area contributed by atoms with Crippen LogP contribution in [0, 0.1) is 5.82 Å². The van der Waals surface area contributed by atoms with Crippen LogP contribution in [0.1, 0.15) is 55.7 Å². The highest BCUT2D eigenvalue weighted by molar-refractivity contribution is 6.31. The van der Waals surface area contributed by atoms with Gasteiger partial charge in [-0.25, -0.2) is 9.18 Å². The molecule has 0 unspecified atom stereocenters. The van der Waals surface area contributed by atoms with E-state index in [1.165, 1.54) is 23.1 Å². The second kappa shape index (κ2) is 11.9. The van der Waals surface area contributed by atoms with E-state index in [9.17, 15) is 18.8 Å². The first-order chi connectivity index (χ1) is 17.9. The van der Waals surface area contributed by atoms with Gasteiger partial charge in [0.05, 0.1) is 6.61 Å². The Kier molecular flexibility index (Phi) is 8.38. The number of benzene rings is 2. The van der Waals surface area contributed by atoms with Gasteiger partial charge < -0.3 is 9.47 Å². The first kappa shape index (κ1) is 26.1. The highest BCUT2D eigenvalue weighted by atomic mass is 19.1. The van der Waals surface area contributed by atoms with Gasteiger partial charge in [0.25, 0.3) is 11.8 Å². The molecule has 0 spiro atoms. The molecule has 1 saturated carbocycles. The Bertz CT molecular complexity index is 1230. The molecule has 0 radical (unpaired) electrons. The second-order valence-corrected chi connectivity index (χ2v) is 9.14. The molecule has 2 aliphatic rings. The van der Waals surface area contributed by atoms with Crippen molar-refractivity contribution in [3.05, 3.63) is 77.1 Å². The lowest BCUT2D eigenvalue weighted by Crippen LogP contribution is -2.58. The molecule has 2 fully saturated rings. The van der Waals surface area contributed by atoms with Gasteiger partial charge in [-0.15, -0.1) is 6.58 Å². The number of amides is 4. The van der Waals surface area contributed by atoms with E-state index in [2.05, 4.69) is 11.9 Å². The van der Waals surface area contributed by atoms with Crippen LogP contribution in [-0.2, 0) is 22.6 Å². The van der Waals surface area contributed by atoms with Crippen molar-refractivity contribution in [1.29, 1.82) is 0 Å². The standard InChI is InChI=1S/C29H31FN2O5/c1-3-9-21-14-20(17-25(36-4-2)26(21)37-18-19-10-8-11-22(30)15-19)16-24-27(33)31-29(35)32(28(24)34)23-12-6-5-7-13-23/h3,8,10-11,14-17,23H,1,4-7,9,12-13,18H2,2H3,(H,31,33,35). The highest BCUT2D eigenvalue weighted by Crippen LogP contribution is 2.36. The molecule has 1 aliphatic heterocycles. The van der Waals surface area contributed by atoms with E-state index in [0.717, 1.165) is 37.7 Å². The van der Waals surface area contributed by atoms with Gasteiger partial charge >= 0.3 is 6.03 Å². The molecule has 4 amide bonds. The van der Waals surface area contributed by atoms with Crippen molar-refractivity contribution in [2.75, 3.05) is 6.61 Å². The van der Waals surface area contributed by atoms with Gasteiger partial charge in [0, 0.05) is 11.6 Å². The molecule has 2 aromatic carbocycles. The van der Waals surface area contributed by atoms with Gasteiger partial charge in [0.2, 0.25) is 0 Å². The minimum absolute atomic E-state index is 0.106. The molecule has 1 N–H and O–H groups in total. The van der Waals surface area contributed by atoms with Crippen molar-refractivity contribution >= 4 is 23.9 Å². The van der Waals surface area contributed by atoms with E-state index in [1.54, 1.807) is 30.3 Å². The first-order valence-electron chi connectivity index (χ1n) is 12.6. The molecule has 0 aromatic heterocycles. The third kappa shape index (κ3) is 6.07. The number of ether oxygens (including phenoxy) is 2. The number of rotatable bonds is 9. The van der Waals surface area contributed by atoms with E-state index in [1.807, 2.05) is 6.92 Å². The lowest BCUT2D eigenvalue weighted by molar-refractivity contribution is -0.132. The average Bonchev–Trinajstić information content (AvgIpc) is 2.87. The molecular formula is C29H31FN2O5. The summed E-state index contributed by atoms with van der Waals surface area (Å²) in [6, 6.07) is 8.75. The molecule has 1 aliphatic carbocycles. The number of nitrogens with one attached hydrogen (secondary N) is 1. The van der Waals surface area contributed by atoms with Crippen molar-refractivity contribution < 1.29 is 28.2 Å². The first-order valence-corrected chi connectivity index (χ1v) is 12.6. The number of allylic oxidation sites excluding steroid dienone is 1. The summed E-state index contributed by atoms with van der Waals surface area (Å²) in [5.74, 6) is -0.761. The Morgan fingerprint density at radius 1 is 1.11 bits per heavy atom. The monoisotopic (exact) mass is 506 g/mol. The lowest BCUT2D eigenvalue weighted by Gasteiger charge is -2.35. The topological polar surface area (TPSA) is 84.9 Å². The summed E-state index contributed by atoms with van der Waals surface area (Å²) in [6.45, 7) is 6.13. The van der Waals surface area contributed by atoms with Gasteiger partial charge in [0.15, 0.2) is 11.5 Å². The maximum absolute atomic E-state index is 13.6. The van der Waals surface area contributed by atoms with E-state index < -0.39 is 17.8 Å². The van der Waals surface area contributed by atoms with E-state index in [0.29, 0.717) is 35.7 Å². The summed E-state index contributed by atoms with van der Waals surface area (Å²) >= 11 is 0. The summed E-state index contributed by atoms with van der Waals surface area (Å²) in [5.41, 5.74) is 1.84. The van der Waals surface area contributed by atoms with Crippen LogP contribution < -0.4 is 14.8 Å². The third-order valence-electron chi connectivity index (χ3n) is 6.47. The fourth-order valence-electron chi connectivity index (χ4n) is 4.79. The van der Waals surface area contributed by atoms with Crippen LogP contribution in [0.2, 0.25) is 0 Å². The molecule has 2 aromatic rings. The zero-order valence-corrected chi connectivity index (χ0v) is 20.9. The smallest absolute Gasteiger partial charge is 0.331 e. The number of halogens is 1. The average molecular weight is 507 g/mol. The molecule has 1 saturated heterocycles. The van der Waals surface area contributed by atoms with Crippen molar-refractivity contribution in [2.45, 2.75) is 58.1 Å². The number of hydrogen-bond donors (Lipinski definition) is 1. The Morgan fingerprint density at radius 3 is 2.59 bits per heavy atom. The van der Waals surface area contributed by atoms with E-state index >= 15 is 0 Å². The quantitative estimate of drug-likeness (QED) is 0.282. The fraction of sp³-hybridized carbons (Fsp3) is 0.345. The van der Waals surface area contributed by atoms with Gasteiger partial charge in [-0.1, -0.05) is 37.5 Å². The SMILES string of the molecule is C=CCc1cc(C=C2C(=O)NC(=O)N(C3CCCCC3)C2=O)cc(OCC)c1OCc1cccc(F)c1. The molecule has 8 heteroatoms. The van der Waals surface area contributed by atoms with Crippen molar-refractivity contribution in [3.8, 4) is 11.5 Å². The summed E-state index contributed by atoms with van der Waals surface area (Å²) in [6.07, 6.45) is 8.03. The van der Waals surface area contributed by atoms with Gasteiger partial charge in [-0.05, 0) is 67.7 Å². The Hall–Kier alpha value is -3.94. The number of carbonyl (C=O) groups excluding carboxylic acids is 3. The van der Waals surface area contributed by atoms with Crippen LogP contribution in [0.5, 0.6) is 11.5 Å². The van der Waals surface area contributed by atoms with Crippen LogP contribution in [0.15, 0.2) is 54.6 Å². The molecular weight excluding hydrogens is 475 g/mol. The summed E-state index contributed by atoms with van der Waals surface area (Å²) in [4.78, 5) is 39.7. The zero-order chi connectivity index (χ0) is 26.4. The molecule has 0 atom stereocenters. The minimum atomic E-state index is -0.725. The van der Waals surface area contributed by atoms with Crippen LogP contribution in [0.3, 0.4) is 0 Å². The molecule has 37 heavy (non-hydrogen) atoms. The fourth-order valence-corrected chi connectivity index (χ4v) is 4.79. The predicted molar refractivity (Wildman–Crippen MR) is 137 cm³/mol. The largest absolute Gasteiger partial charge is 0.490 e. The normalized spacial score (nSPS) is 17.6. The van der Waals surface area contributed by atoms with Crippen LogP contribution in [-0.4, -0.2) is 35.4 Å².